The van der Waals surface area contributed by atoms with Crippen molar-refractivity contribution in [1.29, 1.82) is 0 Å². The Balaban J connectivity index is 2.54. The zero-order valence-corrected chi connectivity index (χ0v) is 10.8. The first-order valence-corrected chi connectivity index (χ1v) is 5.85. The lowest BCUT2D eigenvalue weighted by Crippen LogP contribution is -2.28. The highest BCUT2D eigenvalue weighted by Crippen LogP contribution is 2.15. The largest absolute Gasteiger partial charge is 0.481 e. The van der Waals surface area contributed by atoms with Crippen LogP contribution in [-0.4, -0.2) is 40.6 Å². The van der Waals surface area contributed by atoms with Crippen molar-refractivity contribution in [3.05, 3.63) is 17.5 Å². The van der Waals surface area contributed by atoms with Crippen LogP contribution in [0, 0.1) is 0 Å². The molecule has 0 spiro atoms. The van der Waals surface area contributed by atoms with Gasteiger partial charge in [-0.25, -0.2) is 0 Å². The van der Waals surface area contributed by atoms with E-state index in [9.17, 15) is 9.59 Å². The number of hydrogen-bond donors (Lipinski definition) is 1. The Morgan fingerprint density at radius 2 is 2.17 bits per heavy atom. The molecule has 1 N–H and O–H groups in total. The average molecular weight is 254 g/mol. The molecule has 1 heterocycles. The number of nitrogens with zero attached hydrogens (tertiary/aromatic N) is 2. The second-order valence-corrected chi connectivity index (χ2v) is 4.49. The van der Waals surface area contributed by atoms with E-state index in [2.05, 4.69) is 5.16 Å². The van der Waals surface area contributed by atoms with Crippen LogP contribution in [0.5, 0.6) is 0 Å². The second kappa shape index (κ2) is 6.18. The molecule has 1 aromatic heterocycles. The number of carbonyl (C=O) groups excluding carboxylic acids is 1. The molecule has 1 amide bonds. The van der Waals surface area contributed by atoms with Gasteiger partial charge in [0.25, 0.3) is 5.91 Å². The highest BCUT2D eigenvalue weighted by atomic mass is 16.5. The molecular weight excluding hydrogens is 236 g/mol. The molecule has 0 aromatic carbocycles. The molecule has 100 valence electrons. The van der Waals surface area contributed by atoms with Gasteiger partial charge in [-0.1, -0.05) is 19.0 Å². The lowest BCUT2D eigenvalue weighted by molar-refractivity contribution is -0.137. The smallest absolute Gasteiger partial charge is 0.303 e. The SMILES string of the molecule is CC(C)c1cc(C(=O)N(C)CCCC(=O)O)no1. The van der Waals surface area contributed by atoms with E-state index in [0.29, 0.717) is 18.7 Å². The first-order valence-electron chi connectivity index (χ1n) is 5.85. The summed E-state index contributed by atoms with van der Waals surface area (Å²) in [6.07, 6.45) is 0.472. The first kappa shape index (κ1) is 14.2. The molecule has 6 heteroatoms. The summed E-state index contributed by atoms with van der Waals surface area (Å²) in [7, 11) is 1.62. The average Bonchev–Trinajstić information content (AvgIpc) is 2.76. The minimum absolute atomic E-state index is 0.0493. The quantitative estimate of drug-likeness (QED) is 0.835. The van der Waals surface area contributed by atoms with Crippen LogP contribution in [-0.2, 0) is 4.79 Å². The van der Waals surface area contributed by atoms with Gasteiger partial charge >= 0.3 is 5.97 Å². The Labute approximate surface area is 106 Å². The van der Waals surface area contributed by atoms with Crippen LogP contribution in [0.25, 0.3) is 0 Å². The summed E-state index contributed by atoms with van der Waals surface area (Å²) in [4.78, 5) is 23.7. The molecule has 0 aliphatic rings. The first-order chi connectivity index (χ1) is 8.41. The molecule has 0 atom stereocenters. The number of aliphatic carboxylic acids is 1. The molecule has 0 unspecified atom stereocenters. The molecule has 1 aromatic rings. The molecule has 18 heavy (non-hydrogen) atoms. The van der Waals surface area contributed by atoms with Gasteiger partial charge in [0.15, 0.2) is 5.69 Å². The molecule has 0 saturated heterocycles. The van der Waals surface area contributed by atoms with Gasteiger partial charge in [0.1, 0.15) is 5.76 Å². The zero-order valence-electron chi connectivity index (χ0n) is 10.8. The Bertz CT molecular complexity index is 425. The lowest BCUT2D eigenvalue weighted by Gasteiger charge is -2.14. The van der Waals surface area contributed by atoms with Gasteiger partial charge in [-0.15, -0.1) is 0 Å². The monoisotopic (exact) mass is 254 g/mol. The normalized spacial score (nSPS) is 10.7. The summed E-state index contributed by atoms with van der Waals surface area (Å²) in [5.41, 5.74) is 0.261. The summed E-state index contributed by atoms with van der Waals surface area (Å²) in [5, 5.41) is 12.2. The minimum atomic E-state index is -0.862. The van der Waals surface area contributed by atoms with Gasteiger partial charge in [-0.05, 0) is 6.42 Å². The van der Waals surface area contributed by atoms with E-state index in [4.69, 9.17) is 9.63 Å². The minimum Gasteiger partial charge on any atom is -0.481 e. The molecule has 0 aliphatic heterocycles. The second-order valence-electron chi connectivity index (χ2n) is 4.49. The standard InChI is InChI=1S/C12H18N2O4/c1-8(2)10-7-9(13-18-10)12(17)14(3)6-4-5-11(15)16/h7-8H,4-6H2,1-3H3,(H,15,16). The van der Waals surface area contributed by atoms with Crippen molar-refractivity contribution in [2.24, 2.45) is 0 Å². The fraction of sp³-hybridized carbons (Fsp3) is 0.583. The molecule has 0 bridgehead atoms. The van der Waals surface area contributed by atoms with E-state index in [-0.39, 0.29) is 23.9 Å². The third kappa shape index (κ3) is 3.87. The van der Waals surface area contributed by atoms with Gasteiger partial charge in [0.2, 0.25) is 0 Å². The van der Waals surface area contributed by atoms with Crippen LogP contribution in [0.15, 0.2) is 10.6 Å². The van der Waals surface area contributed by atoms with Crippen LogP contribution in [0.4, 0.5) is 0 Å². The molecule has 0 radical (unpaired) electrons. The molecular formula is C12H18N2O4. The van der Waals surface area contributed by atoms with E-state index in [1.807, 2.05) is 13.8 Å². The summed E-state index contributed by atoms with van der Waals surface area (Å²) >= 11 is 0. The molecule has 1 rings (SSSR count). The summed E-state index contributed by atoms with van der Waals surface area (Å²) in [6, 6.07) is 1.63. The maximum atomic E-state index is 11.9. The summed E-state index contributed by atoms with van der Waals surface area (Å²) < 4.78 is 5.05. The van der Waals surface area contributed by atoms with Crippen molar-refractivity contribution >= 4 is 11.9 Å². The number of amides is 1. The van der Waals surface area contributed by atoms with Crippen molar-refractivity contribution in [3.63, 3.8) is 0 Å². The maximum Gasteiger partial charge on any atom is 0.303 e. The van der Waals surface area contributed by atoms with E-state index >= 15 is 0 Å². The summed E-state index contributed by atoms with van der Waals surface area (Å²) in [6.45, 7) is 4.28. The van der Waals surface area contributed by atoms with Crippen LogP contribution in [0.1, 0.15) is 48.9 Å². The van der Waals surface area contributed by atoms with E-state index in [0.717, 1.165) is 0 Å². The maximum absolute atomic E-state index is 11.9. The Morgan fingerprint density at radius 3 is 2.67 bits per heavy atom. The van der Waals surface area contributed by atoms with Crippen LogP contribution in [0.3, 0.4) is 0 Å². The predicted octanol–water partition coefficient (Wildman–Crippen LogP) is 1.73. The number of carboxylic acids is 1. The number of aromatic nitrogens is 1. The van der Waals surface area contributed by atoms with Crippen molar-refractivity contribution in [3.8, 4) is 0 Å². The number of hydrogen-bond acceptors (Lipinski definition) is 4. The van der Waals surface area contributed by atoms with Gasteiger partial charge in [0.05, 0.1) is 0 Å². The molecule has 6 nitrogen and oxygen atoms in total. The van der Waals surface area contributed by atoms with Crippen molar-refractivity contribution in [1.82, 2.24) is 10.1 Å². The molecule has 0 saturated carbocycles. The fourth-order valence-electron chi connectivity index (χ4n) is 1.43. The predicted molar refractivity (Wildman–Crippen MR) is 64.4 cm³/mol. The third-order valence-corrected chi connectivity index (χ3v) is 2.55. The molecule has 0 fully saturated rings. The van der Waals surface area contributed by atoms with E-state index in [1.54, 1.807) is 13.1 Å². The van der Waals surface area contributed by atoms with Crippen LogP contribution >= 0.6 is 0 Å². The topological polar surface area (TPSA) is 83.6 Å². The van der Waals surface area contributed by atoms with Crippen molar-refractivity contribution in [2.45, 2.75) is 32.6 Å². The van der Waals surface area contributed by atoms with Crippen molar-refractivity contribution < 1.29 is 19.2 Å². The van der Waals surface area contributed by atoms with Crippen LogP contribution < -0.4 is 0 Å². The summed E-state index contributed by atoms with van der Waals surface area (Å²) in [5.74, 6) is -0.274. The number of rotatable bonds is 6. The Kier molecular flexibility index (Phi) is 4.88. The molecule has 0 aliphatic carbocycles. The highest BCUT2D eigenvalue weighted by molar-refractivity contribution is 5.92. The van der Waals surface area contributed by atoms with Crippen molar-refractivity contribution in [2.75, 3.05) is 13.6 Å². The van der Waals surface area contributed by atoms with Gasteiger partial charge in [-0.3, -0.25) is 9.59 Å². The van der Waals surface area contributed by atoms with E-state index < -0.39 is 5.97 Å². The highest BCUT2D eigenvalue weighted by Gasteiger charge is 2.17. The van der Waals surface area contributed by atoms with Gasteiger partial charge < -0.3 is 14.5 Å². The van der Waals surface area contributed by atoms with E-state index in [1.165, 1.54) is 4.90 Å². The lowest BCUT2D eigenvalue weighted by atomic mass is 10.1. The Morgan fingerprint density at radius 1 is 1.50 bits per heavy atom. The number of carboxylic acid groups (broad SMARTS) is 1. The Hall–Kier alpha value is -1.85. The van der Waals surface area contributed by atoms with Gasteiger partial charge in [0, 0.05) is 32.0 Å². The zero-order chi connectivity index (χ0) is 13.7. The van der Waals surface area contributed by atoms with Gasteiger partial charge in [-0.2, -0.15) is 0 Å². The number of carbonyl (C=O) groups is 2. The third-order valence-electron chi connectivity index (χ3n) is 2.55. The fourth-order valence-corrected chi connectivity index (χ4v) is 1.43. The van der Waals surface area contributed by atoms with Crippen LogP contribution in [0.2, 0.25) is 0 Å².